The van der Waals surface area contributed by atoms with Crippen LogP contribution in [0.1, 0.15) is 90.3 Å². The number of aliphatic hydroxyl groups excluding tert-OH is 1. The first-order valence-electron chi connectivity index (χ1n) is 17.4. The summed E-state index contributed by atoms with van der Waals surface area (Å²) in [4.78, 5) is 60.7. The molecule has 1 aromatic heterocycles. The van der Waals surface area contributed by atoms with Gasteiger partial charge in [-0.15, -0.1) is 6.58 Å². The van der Waals surface area contributed by atoms with Gasteiger partial charge in [0.25, 0.3) is 0 Å². The van der Waals surface area contributed by atoms with Crippen LogP contribution >= 0.6 is 0 Å². The molecule has 0 bridgehead atoms. The van der Waals surface area contributed by atoms with Crippen LogP contribution in [0, 0.1) is 11.8 Å². The van der Waals surface area contributed by atoms with Gasteiger partial charge in [-0.25, -0.2) is 9.78 Å². The summed E-state index contributed by atoms with van der Waals surface area (Å²) in [7, 11) is 1.56. The Kier molecular flexibility index (Phi) is 15.3. The zero-order chi connectivity index (χ0) is 36.0. The van der Waals surface area contributed by atoms with Crippen molar-refractivity contribution in [1.82, 2.24) is 31.2 Å². The molecule has 0 saturated heterocycles. The van der Waals surface area contributed by atoms with Gasteiger partial charge in [-0.05, 0) is 58.4 Å². The van der Waals surface area contributed by atoms with E-state index in [-0.39, 0.29) is 25.2 Å². The van der Waals surface area contributed by atoms with Gasteiger partial charge in [0, 0.05) is 32.0 Å². The van der Waals surface area contributed by atoms with Crippen LogP contribution in [0.15, 0.2) is 55.0 Å². The lowest BCUT2D eigenvalue weighted by molar-refractivity contribution is -0.131. The highest BCUT2D eigenvalue weighted by Crippen LogP contribution is 2.29. The van der Waals surface area contributed by atoms with Crippen molar-refractivity contribution in [2.75, 3.05) is 7.05 Å². The van der Waals surface area contributed by atoms with Crippen molar-refractivity contribution >= 4 is 23.8 Å². The van der Waals surface area contributed by atoms with E-state index in [1.165, 1.54) is 6.33 Å². The molecular formula is C37H56N6O6. The molecule has 270 valence electrons. The molecule has 1 aliphatic carbocycles. The molecule has 0 radical (unpaired) electrons. The Morgan fingerprint density at radius 2 is 1.63 bits per heavy atom. The zero-order valence-electron chi connectivity index (χ0n) is 29.7. The third-order valence-corrected chi connectivity index (χ3v) is 8.73. The van der Waals surface area contributed by atoms with E-state index >= 15 is 0 Å². The number of H-pyrrole nitrogens is 1. The molecule has 1 heterocycles. The lowest BCUT2D eigenvalue weighted by Gasteiger charge is -2.33. The fraction of sp³-hybridized carbons (Fsp3) is 0.595. The third-order valence-electron chi connectivity index (χ3n) is 8.73. The maximum atomic E-state index is 14.1. The third kappa shape index (κ3) is 14.1. The van der Waals surface area contributed by atoms with Gasteiger partial charge in [0.15, 0.2) is 0 Å². The van der Waals surface area contributed by atoms with Crippen LogP contribution in [0.5, 0.6) is 0 Å². The van der Waals surface area contributed by atoms with Crippen LogP contribution in [-0.2, 0) is 32.0 Å². The minimum atomic E-state index is -1.08. The van der Waals surface area contributed by atoms with Crippen LogP contribution in [-0.4, -0.2) is 75.8 Å². The summed E-state index contributed by atoms with van der Waals surface area (Å²) < 4.78 is 5.44. The summed E-state index contributed by atoms with van der Waals surface area (Å²) in [5.74, 6) is -1.48. The number of carbonyl (C=O) groups is 4. The van der Waals surface area contributed by atoms with E-state index in [0.717, 1.165) is 43.2 Å². The molecule has 1 aromatic carbocycles. The number of rotatable bonds is 17. The Bertz CT molecular complexity index is 1350. The number of carbonyl (C=O) groups excluding carboxylic acids is 4. The van der Waals surface area contributed by atoms with E-state index in [0.29, 0.717) is 24.5 Å². The van der Waals surface area contributed by atoms with Crippen molar-refractivity contribution in [3.63, 3.8) is 0 Å². The summed E-state index contributed by atoms with van der Waals surface area (Å²) in [6.07, 6.45) is 8.00. The second-order valence-electron chi connectivity index (χ2n) is 14.3. The van der Waals surface area contributed by atoms with Gasteiger partial charge in [-0.3, -0.25) is 14.4 Å². The zero-order valence-corrected chi connectivity index (χ0v) is 29.7. The number of allylic oxidation sites excluding steroid dienone is 1. The molecular weight excluding hydrogens is 624 g/mol. The highest BCUT2D eigenvalue weighted by molar-refractivity contribution is 5.91. The highest BCUT2D eigenvalue weighted by Gasteiger charge is 2.34. The Hall–Kier alpha value is -4.19. The Morgan fingerprint density at radius 1 is 0.980 bits per heavy atom. The van der Waals surface area contributed by atoms with E-state index < -0.39 is 53.7 Å². The van der Waals surface area contributed by atoms with Gasteiger partial charge in [0.2, 0.25) is 17.7 Å². The smallest absolute Gasteiger partial charge is 0.408 e. The van der Waals surface area contributed by atoms with Crippen LogP contribution in [0.3, 0.4) is 0 Å². The number of hydrogen-bond acceptors (Lipinski definition) is 7. The molecule has 6 N–H and O–H groups in total. The van der Waals surface area contributed by atoms with Gasteiger partial charge in [-0.1, -0.05) is 68.0 Å². The first-order valence-corrected chi connectivity index (χ1v) is 17.4. The van der Waals surface area contributed by atoms with Gasteiger partial charge in [0.1, 0.15) is 17.7 Å². The fourth-order valence-corrected chi connectivity index (χ4v) is 6.34. The molecule has 2 aromatic rings. The monoisotopic (exact) mass is 680 g/mol. The molecule has 5 atom stereocenters. The number of aliphatic hydroxyl groups is 1. The van der Waals surface area contributed by atoms with Crippen LogP contribution in [0.4, 0.5) is 4.79 Å². The predicted molar refractivity (Wildman–Crippen MR) is 188 cm³/mol. The summed E-state index contributed by atoms with van der Waals surface area (Å²) in [5, 5.41) is 22.9. The van der Waals surface area contributed by atoms with Crippen LogP contribution in [0.2, 0.25) is 0 Å². The van der Waals surface area contributed by atoms with E-state index in [9.17, 15) is 24.3 Å². The number of amides is 4. The molecule has 12 heteroatoms. The first-order chi connectivity index (χ1) is 23.2. The number of imidazole rings is 1. The van der Waals surface area contributed by atoms with E-state index in [4.69, 9.17) is 4.74 Å². The Balaban J connectivity index is 1.86. The van der Waals surface area contributed by atoms with Crippen LogP contribution < -0.4 is 21.3 Å². The van der Waals surface area contributed by atoms with Gasteiger partial charge in [-0.2, -0.15) is 0 Å². The highest BCUT2D eigenvalue weighted by atomic mass is 16.6. The maximum Gasteiger partial charge on any atom is 0.408 e. The number of hydrogen-bond donors (Lipinski definition) is 6. The second kappa shape index (κ2) is 19.1. The number of nitrogens with one attached hydrogen (secondary N) is 5. The minimum absolute atomic E-state index is 0.0638. The summed E-state index contributed by atoms with van der Waals surface area (Å²) in [6, 6.07) is 6.45. The van der Waals surface area contributed by atoms with Crippen molar-refractivity contribution < 1.29 is 29.0 Å². The summed E-state index contributed by atoms with van der Waals surface area (Å²) in [5.41, 5.74) is 1.39. The van der Waals surface area contributed by atoms with E-state index in [2.05, 4.69) is 37.8 Å². The van der Waals surface area contributed by atoms with Gasteiger partial charge < -0.3 is 36.1 Å². The molecule has 49 heavy (non-hydrogen) atoms. The number of nitrogens with zero attached hydrogens (tertiary/aromatic N) is 1. The lowest BCUT2D eigenvalue weighted by atomic mass is 9.82. The molecule has 12 nitrogen and oxygen atoms in total. The normalized spacial score (nSPS) is 16.7. The molecule has 4 amide bonds. The molecule has 2 unspecified atom stereocenters. The van der Waals surface area contributed by atoms with Gasteiger partial charge in [0.05, 0.1) is 24.2 Å². The van der Waals surface area contributed by atoms with Gasteiger partial charge >= 0.3 is 6.09 Å². The molecule has 0 aliphatic heterocycles. The number of aromatic amines is 1. The fourth-order valence-electron chi connectivity index (χ4n) is 6.34. The standard InChI is InChI=1S/C37H56N6O6/c1-24(2)17-27(33(45)38-6)20-32(44)29(18-25-13-9-7-10-14-25)41-35(47)31(21-28-22-39-23-40-28)42-34(46)30(19-26-15-11-8-12-16-26)43-36(48)49-37(3,4)5/h8,11-12,15-16,22-23,25,27,29-32,44H,1,7,9-10,13-14,17-21H2,2-6H3,(H,38,45)(H,39,40)(H,41,47)(H,42,46)(H,43,48)/t27-,29+,30?,31?,32+/m1/s1. The number of aromatic nitrogens is 2. The van der Waals surface area contributed by atoms with Crippen LogP contribution in [0.25, 0.3) is 0 Å². The Morgan fingerprint density at radius 3 is 2.22 bits per heavy atom. The average molecular weight is 681 g/mol. The predicted octanol–water partition coefficient (Wildman–Crippen LogP) is 4.11. The van der Waals surface area contributed by atoms with Crippen molar-refractivity contribution in [3.8, 4) is 0 Å². The maximum absolute atomic E-state index is 14.1. The van der Waals surface area contributed by atoms with E-state index in [1.54, 1.807) is 34.0 Å². The lowest BCUT2D eigenvalue weighted by Crippen LogP contribution is -2.58. The Labute approximate surface area is 290 Å². The van der Waals surface area contributed by atoms with Crippen molar-refractivity contribution in [1.29, 1.82) is 0 Å². The molecule has 0 spiro atoms. The average Bonchev–Trinajstić information content (AvgIpc) is 3.56. The quantitative estimate of drug-likeness (QED) is 0.136. The number of alkyl carbamates (subject to hydrolysis) is 1. The SMILES string of the molecule is C=C(C)C[C@H](C[C@H](O)[C@H](CC1CCCCC1)NC(=O)C(Cc1c[nH]cn1)NC(=O)C(Cc1ccccc1)NC(=O)OC(C)(C)C)C(=O)NC. The molecule has 1 saturated carbocycles. The summed E-state index contributed by atoms with van der Waals surface area (Å²) >= 11 is 0. The first kappa shape index (κ1) is 39.3. The topological polar surface area (TPSA) is 175 Å². The second-order valence-corrected chi connectivity index (χ2v) is 14.3. The molecule has 3 rings (SSSR count). The van der Waals surface area contributed by atoms with E-state index in [1.807, 2.05) is 37.3 Å². The minimum Gasteiger partial charge on any atom is -0.444 e. The molecule has 1 fully saturated rings. The van der Waals surface area contributed by atoms with Crippen molar-refractivity contribution in [2.45, 2.75) is 122 Å². The van der Waals surface area contributed by atoms with Crippen molar-refractivity contribution in [3.05, 3.63) is 66.3 Å². The summed E-state index contributed by atoms with van der Waals surface area (Å²) in [6.45, 7) is 11.0. The number of benzene rings is 1. The molecule has 1 aliphatic rings. The largest absolute Gasteiger partial charge is 0.444 e. The number of ether oxygens (including phenoxy) is 1. The van der Waals surface area contributed by atoms with Crippen molar-refractivity contribution in [2.24, 2.45) is 11.8 Å².